The summed E-state index contributed by atoms with van der Waals surface area (Å²) in [6.45, 7) is 1.32. The van der Waals surface area contributed by atoms with Gasteiger partial charge in [0.15, 0.2) is 0 Å². The molecule has 0 saturated heterocycles. The number of rotatable bonds is 7. The molecule has 1 amide bonds. The number of carbonyl (C=O) groups is 1. The summed E-state index contributed by atoms with van der Waals surface area (Å²) in [4.78, 5) is 11.2. The van der Waals surface area contributed by atoms with E-state index >= 15 is 0 Å². The maximum atomic E-state index is 11.2. The van der Waals surface area contributed by atoms with Gasteiger partial charge in [0.1, 0.15) is 12.4 Å². The summed E-state index contributed by atoms with van der Waals surface area (Å²) in [7, 11) is 1.57. The number of amides is 1. The highest BCUT2D eigenvalue weighted by molar-refractivity contribution is 5.75. The molecule has 5 heteroatoms. The van der Waals surface area contributed by atoms with Gasteiger partial charge in [-0.3, -0.25) is 4.79 Å². The van der Waals surface area contributed by atoms with Gasteiger partial charge in [0.05, 0.1) is 13.2 Å². The Morgan fingerprint density at radius 1 is 1.41 bits per heavy atom. The fourth-order valence-corrected chi connectivity index (χ4v) is 1.25. The van der Waals surface area contributed by atoms with Crippen LogP contribution in [0.2, 0.25) is 0 Å². The first-order valence-corrected chi connectivity index (χ1v) is 5.46. The molecule has 0 aliphatic rings. The lowest BCUT2D eigenvalue weighted by Crippen LogP contribution is -2.28. The first-order valence-electron chi connectivity index (χ1n) is 5.46. The number of hydrogen-bond acceptors (Lipinski definition) is 4. The molecule has 0 radical (unpaired) electrons. The fourth-order valence-electron chi connectivity index (χ4n) is 1.25. The third kappa shape index (κ3) is 5.77. The van der Waals surface area contributed by atoms with Crippen molar-refractivity contribution in [1.29, 1.82) is 0 Å². The Bertz CT molecular complexity index is 355. The molecule has 0 heterocycles. The van der Waals surface area contributed by atoms with E-state index in [1.807, 2.05) is 12.1 Å². The van der Waals surface area contributed by atoms with Gasteiger partial charge in [-0.05, 0) is 12.1 Å². The lowest BCUT2D eigenvalue weighted by atomic mass is 10.3. The van der Waals surface area contributed by atoms with Crippen molar-refractivity contribution in [3.63, 3.8) is 0 Å². The van der Waals surface area contributed by atoms with Crippen molar-refractivity contribution in [2.24, 2.45) is 0 Å². The molecular formula is C12H18N2O3. The predicted molar refractivity (Wildman–Crippen MR) is 65.9 cm³/mol. The number of nitrogens with two attached hydrogens (primary N) is 1. The van der Waals surface area contributed by atoms with Crippen LogP contribution in [-0.4, -0.2) is 32.8 Å². The number of ether oxygens (including phenoxy) is 2. The lowest BCUT2D eigenvalue weighted by molar-refractivity contribution is -0.122. The third-order valence-corrected chi connectivity index (χ3v) is 2.08. The second kappa shape index (κ2) is 7.51. The Kier molecular flexibility index (Phi) is 5.88. The minimum absolute atomic E-state index is 0.0389. The van der Waals surface area contributed by atoms with Crippen LogP contribution in [0.1, 0.15) is 6.42 Å². The van der Waals surface area contributed by atoms with Crippen molar-refractivity contribution >= 4 is 11.6 Å². The van der Waals surface area contributed by atoms with Crippen molar-refractivity contribution in [3.8, 4) is 5.75 Å². The highest BCUT2D eigenvalue weighted by Gasteiger charge is 1.99. The lowest BCUT2D eigenvalue weighted by Gasteiger charge is -2.08. The van der Waals surface area contributed by atoms with Crippen LogP contribution in [0.5, 0.6) is 5.75 Å². The molecule has 0 aliphatic heterocycles. The van der Waals surface area contributed by atoms with Crippen molar-refractivity contribution in [1.82, 2.24) is 5.32 Å². The van der Waals surface area contributed by atoms with Gasteiger partial charge in [-0.25, -0.2) is 0 Å². The van der Waals surface area contributed by atoms with Crippen LogP contribution < -0.4 is 15.8 Å². The number of nitrogens with one attached hydrogen (secondary N) is 1. The van der Waals surface area contributed by atoms with E-state index in [1.165, 1.54) is 0 Å². The van der Waals surface area contributed by atoms with E-state index < -0.39 is 0 Å². The van der Waals surface area contributed by atoms with Gasteiger partial charge in [-0.2, -0.15) is 0 Å². The van der Waals surface area contributed by atoms with Crippen LogP contribution >= 0.6 is 0 Å². The molecular weight excluding hydrogens is 220 g/mol. The van der Waals surface area contributed by atoms with Crippen LogP contribution in [0, 0.1) is 0 Å². The molecule has 1 aromatic rings. The summed E-state index contributed by atoms with van der Waals surface area (Å²) in [5.74, 6) is 0.666. The summed E-state index contributed by atoms with van der Waals surface area (Å²) in [5.41, 5.74) is 6.26. The molecule has 0 unspecified atom stereocenters. The zero-order chi connectivity index (χ0) is 12.5. The Labute approximate surface area is 101 Å². The number of methoxy groups -OCH3 is 1. The monoisotopic (exact) mass is 238 g/mol. The second-order valence-electron chi connectivity index (χ2n) is 3.51. The first kappa shape index (κ1) is 13.3. The fraction of sp³-hybridized carbons (Fsp3) is 0.417. The van der Waals surface area contributed by atoms with Gasteiger partial charge >= 0.3 is 0 Å². The Morgan fingerprint density at radius 2 is 2.24 bits per heavy atom. The molecule has 1 aromatic carbocycles. The molecule has 3 N–H and O–H groups in total. The van der Waals surface area contributed by atoms with Crippen LogP contribution in [0.25, 0.3) is 0 Å². The van der Waals surface area contributed by atoms with Gasteiger partial charge < -0.3 is 20.5 Å². The van der Waals surface area contributed by atoms with Crippen molar-refractivity contribution in [2.45, 2.75) is 6.42 Å². The van der Waals surface area contributed by atoms with E-state index in [0.717, 1.165) is 0 Å². The van der Waals surface area contributed by atoms with Crippen molar-refractivity contribution in [3.05, 3.63) is 24.3 Å². The zero-order valence-corrected chi connectivity index (χ0v) is 9.94. The molecule has 0 spiro atoms. The van der Waals surface area contributed by atoms with Crippen LogP contribution in [0.15, 0.2) is 24.3 Å². The Morgan fingerprint density at radius 3 is 2.94 bits per heavy atom. The number of anilines is 1. The number of benzene rings is 1. The van der Waals surface area contributed by atoms with E-state index in [4.69, 9.17) is 15.2 Å². The molecule has 0 fully saturated rings. The topological polar surface area (TPSA) is 73.6 Å². The van der Waals surface area contributed by atoms with Gasteiger partial charge in [-0.15, -0.1) is 0 Å². The van der Waals surface area contributed by atoms with E-state index in [0.29, 0.717) is 37.6 Å². The summed E-state index contributed by atoms with van der Waals surface area (Å²) < 4.78 is 10.2. The maximum Gasteiger partial charge on any atom is 0.222 e. The largest absolute Gasteiger partial charge is 0.492 e. The minimum atomic E-state index is -0.0389. The molecule has 0 atom stereocenters. The van der Waals surface area contributed by atoms with Gasteiger partial charge in [-0.1, -0.05) is 6.07 Å². The molecule has 0 aromatic heterocycles. The van der Waals surface area contributed by atoms with Crippen LogP contribution in [0.3, 0.4) is 0 Å². The highest BCUT2D eigenvalue weighted by atomic mass is 16.5. The molecule has 0 aliphatic carbocycles. The molecule has 5 nitrogen and oxygen atoms in total. The zero-order valence-electron chi connectivity index (χ0n) is 9.94. The number of hydrogen-bond donors (Lipinski definition) is 2. The molecule has 17 heavy (non-hydrogen) atoms. The van der Waals surface area contributed by atoms with E-state index in [9.17, 15) is 4.79 Å². The maximum absolute atomic E-state index is 11.2. The van der Waals surface area contributed by atoms with Crippen molar-refractivity contribution in [2.75, 3.05) is 32.6 Å². The smallest absolute Gasteiger partial charge is 0.222 e. The standard InChI is InChI=1S/C12H18N2O3/c1-16-7-5-12(15)14-6-8-17-11-4-2-3-10(13)9-11/h2-4,9H,5-8,13H2,1H3,(H,14,15). The van der Waals surface area contributed by atoms with Crippen LogP contribution in [-0.2, 0) is 9.53 Å². The number of carbonyl (C=O) groups excluding carboxylic acids is 1. The van der Waals surface area contributed by atoms with Crippen molar-refractivity contribution < 1.29 is 14.3 Å². The second-order valence-corrected chi connectivity index (χ2v) is 3.51. The quantitative estimate of drug-likeness (QED) is 0.544. The average molecular weight is 238 g/mol. The van der Waals surface area contributed by atoms with E-state index in [-0.39, 0.29) is 5.91 Å². The summed E-state index contributed by atoms with van der Waals surface area (Å²) >= 11 is 0. The number of nitrogen functional groups attached to an aromatic ring is 1. The first-order chi connectivity index (χ1) is 8.22. The van der Waals surface area contributed by atoms with Gasteiger partial charge in [0.2, 0.25) is 5.91 Å². The predicted octanol–water partition coefficient (Wildman–Crippen LogP) is 0.800. The van der Waals surface area contributed by atoms with Gasteiger partial charge in [0.25, 0.3) is 0 Å². The van der Waals surface area contributed by atoms with E-state index in [2.05, 4.69) is 5.32 Å². The molecule has 0 saturated carbocycles. The minimum Gasteiger partial charge on any atom is -0.492 e. The Balaban J connectivity index is 2.14. The molecule has 1 rings (SSSR count). The SMILES string of the molecule is COCCC(=O)NCCOc1cccc(N)c1. The molecule has 0 bridgehead atoms. The Hall–Kier alpha value is -1.75. The normalized spacial score (nSPS) is 9.94. The average Bonchev–Trinajstić information content (AvgIpc) is 2.32. The van der Waals surface area contributed by atoms with E-state index in [1.54, 1.807) is 19.2 Å². The summed E-state index contributed by atoms with van der Waals surface area (Å²) in [6.07, 6.45) is 0.370. The summed E-state index contributed by atoms with van der Waals surface area (Å²) in [6, 6.07) is 7.18. The third-order valence-electron chi connectivity index (χ3n) is 2.08. The summed E-state index contributed by atoms with van der Waals surface area (Å²) in [5, 5.41) is 2.73. The molecule has 94 valence electrons. The van der Waals surface area contributed by atoms with Gasteiger partial charge in [0, 0.05) is 25.3 Å². The highest BCUT2D eigenvalue weighted by Crippen LogP contribution is 2.13. The van der Waals surface area contributed by atoms with Crippen LogP contribution in [0.4, 0.5) is 5.69 Å².